The van der Waals surface area contributed by atoms with Gasteiger partial charge in [0.2, 0.25) is 0 Å². The van der Waals surface area contributed by atoms with Gasteiger partial charge in [-0.15, -0.1) is 0 Å². The Morgan fingerprint density at radius 3 is 1.94 bits per heavy atom. The Morgan fingerprint density at radius 2 is 1.69 bits per heavy atom. The predicted molar refractivity (Wildman–Crippen MR) is 61.5 cm³/mol. The Labute approximate surface area is 99.6 Å². The number of rotatable bonds is 5. The van der Waals surface area contributed by atoms with Crippen LogP contribution >= 0.6 is 0 Å². The van der Waals surface area contributed by atoms with Crippen molar-refractivity contribution >= 4 is 9.94 Å². The fourth-order valence-corrected chi connectivity index (χ4v) is 43.1. The van der Waals surface area contributed by atoms with E-state index in [0.29, 0.717) is 6.42 Å². The van der Waals surface area contributed by atoms with Crippen LogP contribution < -0.4 is 0 Å². The summed E-state index contributed by atoms with van der Waals surface area (Å²) in [6.45, 7) is 0. The Morgan fingerprint density at radius 1 is 1.19 bits per heavy atom. The second-order valence-corrected chi connectivity index (χ2v) is 45.9. The van der Waals surface area contributed by atoms with Gasteiger partial charge in [-0.2, -0.15) is 0 Å². The molecule has 0 radical (unpaired) electrons. The Hall–Kier alpha value is 0.716. The molecule has 0 unspecified atom stereocenters. The van der Waals surface area contributed by atoms with Crippen molar-refractivity contribution in [3.63, 3.8) is 0 Å². The minimum atomic E-state index is -4.73. The van der Waals surface area contributed by atoms with E-state index in [1.807, 2.05) is 18.2 Å². The van der Waals surface area contributed by atoms with Gasteiger partial charge < -0.3 is 0 Å². The third-order valence-corrected chi connectivity index (χ3v) is 54.6. The summed E-state index contributed by atoms with van der Waals surface area (Å²) in [5, 5.41) is 0. The molecule has 0 saturated carbocycles. The van der Waals surface area contributed by atoms with E-state index < -0.39 is 27.5 Å². The molecule has 0 aromatic carbocycles. The van der Waals surface area contributed by atoms with Crippen molar-refractivity contribution in [3.05, 3.63) is 21.5 Å². The third-order valence-electron chi connectivity index (χ3n) is 3.46. The standard InChI is InChI=1S/C5H5.C2H6FGe.3CH3O.Zr/c1-2-4-5-3-1;1-4(2)3;3*1-2;/h1-3H,4H2;1-2H3;3*1H3;/q;;3*-1;+3. The minimum absolute atomic E-state index is 0.680. The van der Waals surface area contributed by atoms with Crippen LogP contribution in [0.2, 0.25) is 11.5 Å². The molecule has 0 spiro atoms. The summed E-state index contributed by atoms with van der Waals surface area (Å²) in [5.74, 6) is 3.31. The van der Waals surface area contributed by atoms with Gasteiger partial charge in [-0.1, -0.05) is 0 Å². The molecule has 0 aromatic rings. The molecule has 1 aliphatic carbocycles. The van der Waals surface area contributed by atoms with Crippen molar-refractivity contribution < 1.29 is 29.5 Å². The van der Waals surface area contributed by atoms with Crippen molar-refractivity contribution in [2.75, 3.05) is 21.3 Å². The van der Waals surface area contributed by atoms with Crippen molar-refractivity contribution in [1.82, 2.24) is 0 Å². The summed E-state index contributed by atoms with van der Waals surface area (Å²) >= 11 is -4.73. The molecule has 0 atom stereocenters. The van der Waals surface area contributed by atoms with Gasteiger partial charge in [-0.05, 0) is 0 Å². The maximum atomic E-state index is 14.9. The van der Waals surface area contributed by atoms with Crippen LogP contribution in [-0.4, -0.2) is 31.3 Å². The maximum absolute atomic E-state index is 14.9. The average molecular weight is 371 g/mol. The Balaban J connectivity index is 3.41. The summed E-state index contributed by atoms with van der Waals surface area (Å²) in [7, 11) is 0.784. The fraction of sp³-hybridized carbons (Fsp3) is 0.600. The second kappa shape index (κ2) is 4.77. The molecule has 0 bridgehead atoms. The van der Waals surface area contributed by atoms with E-state index in [0.717, 1.165) is 3.28 Å². The van der Waals surface area contributed by atoms with Crippen LogP contribution in [0.15, 0.2) is 21.5 Å². The molecule has 3 nitrogen and oxygen atoms in total. The van der Waals surface area contributed by atoms with E-state index in [-0.39, 0.29) is 0 Å². The van der Waals surface area contributed by atoms with Gasteiger partial charge in [0.25, 0.3) is 0 Å². The average Bonchev–Trinajstić information content (AvgIpc) is 2.74. The zero-order valence-corrected chi connectivity index (χ0v) is 15.1. The van der Waals surface area contributed by atoms with Gasteiger partial charge in [-0.3, -0.25) is 0 Å². The molecule has 6 heteroatoms. The van der Waals surface area contributed by atoms with Crippen LogP contribution in [0, 0.1) is 0 Å². The molecule has 93 valence electrons. The van der Waals surface area contributed by atoms with Gasteiger partial charge >= 0.3 is 100 Å². The number of allylic oxidation sites excluding steroid dienone is 4. The summed E-state index contributed by atoms with van der Waals surface area (Å²) in [5.41, 5.74) is 0. The van der Waals surface area contributed by atoms with Gasteiger partial charge in [-0.25, -0.2) is 0 Å². The quantitative estimate of drug-likeness (QED) is 0.696. The fourth-order valence-electron chi connectivity index (χ4n) is 2.52. The molecule has 0 heterocycles. The number of hydrogen-bond donors (Lipinski definition) is 0. The zero-order valence-electron chi connectivity index (χ0n) is 10.5. The number of hydrogen-bond acceptors (Lipinski definition) is 3. The summed E-state index contributed by atoms with van der Waals surface area (Å²) in [6.07, 6.45) is 6.47. The van der Waals surface area contributed by atoms with E-state index in [2.05, 4.69) is 0 Å². The summed E-state index contributed by atoms with van der Waals surface area (Å²) in [6, 6.07) is 0. The van der Waals surface area contributed by atoms with Crippen LogP contribution in [0.3, 0.4) is 0 Å². The van der Waals surface area contributed by atoms with Crippen molar-refractivity contribution in [1.29, 1.82) is 0 Å². The van der Waals surface area contributed by atoms with E-state index >= 15 is 0 Å². The van der Waals surface area contributed by atoms with Gasteiger partial charge in [0.15, 0.2) is 0 Å². The van der Waals surface area contributed by atoms with Gasteiger partial charge in [0, 0.05) is 0 Å². The van der Waals surface area contributed by atoms with Crippen LogP contribution in [0.25, 0.3) is 0 Å². The molecule has 16 heavy (non-hydrogen) atoms. The molecule has 0 aliphatic heterocycles. The monoisotopic (exact) mass is 371 g/mol. The van der Waals surface area contributed by atoms with Crippen LogP contribution in [-0.2, 0) is 26.0 Å². The van der Waals surface area contributed by atoms with E-state index in [1.54, 1.807) is 11.5 Å². The van der Waals surface area contributed by atoms with Crippen molar-refractivity contribution in [2.24, 2.45) is 0 Å². The van der Waals surface area contributed by atoms with E-state index in [9.17, 15) is 3.50 Å². The first-order valence-corrected chi connectivity index (χ1v) is 21.9. The summed E-state index contributed by atoms with van der Waals surface area (Å²) < 4.78 is 32.7. The molecule has 0 fully saturated rings. The van der Waals surface area contributed by atoms with Crippen LogP contribution in [0.5, 0.6) is 0 Å². The second-order valence-electron chi connectivity index (χ2n) is 4.40. The van der Waals surface area contributed by atoms with Crippen LogP contribution in [0.4, 0.5) is 3.50 Å². The Kier molecular flexibility index (Phi) is 4.40. The normalized spacial score (nSPS) is 19.4. The van der Waals surface area contributed by atoms with Crippen molar-refractivity contribution in [2.45, 2.75) is 17.9 Å². The molecular formula is C10H20FGeO3Zr. The molecule has 0 aromatic heterocycles. The first-order chi connectivity index (χ1) is 7.37. The molecule has 0 saturated heterocycles. The molecule has 1 rings (SSSR count). The first-order valence-electron chi connectivity index (χ1n) is 5.24. The molecular weight excluding hydrogens is 351 g/mol. The van der Waals surface area contributed by atoms with E-state index in [4.69, 9.17) is 8.44 Å². The molecule has 0 amide bonds. The molecule has 1 aliphatic rings. The topological polar surface area (TPSA) is 27.7 Å². The SMILES string of the molecule is C[O][Zr]([O]C)([O]C)([C]1=CC=CC1)[Ge]([CH3])([CH3])[F]. The first kappa shape index (κ1) is 14.8. The predicted octanol–water partition coefficient (Wildman–Crippen LogP) is 2.88. The zero-order chi connectivity index (χ0) is 12.5. The van der Waals surface area contributed by atoms with E-state index in [1.165, 1.54) is 21.3 Å². The van der Waals surface area contributed by atoms with Crippen LogP contribution in [0.1, 0.15) is 6.42 Å². The summed E-state index contributed by atoms with van der Waals surface area (Å²) in [4.78, 5) is 0. The molecule has 0 N–H and O–H groups in total. The third kappa shape index (κ3) is 1.76. The Bertz CT molecular complexity index is 320. The van der Waals surface area contributed by atoms with Crippen molar-refractivity contribution in [3.8, 4) is 0 Å². The van der Waals surface area contributed by atoms with Gasteiger partial charge in [0.1, 0.15) is 0 Å². The van der Waals surface area contributed by atoms with Gasteiger partial charge in [0.05, 0.1) is 0 Å². The number of halogens is 1.